The molecule has 10 heteroatoms. The monoisotopic (exact) mass is 394 g/mol. The van der Waals surface area contributed by atoms with Crippen LogP contribution in [-0.4, -0.2) is 13.4 Å². The van der Waals surface area contributed by atoms with E-state index in [2.05, 4.69) is 4.98 Å². The number of nitrogens with one attached hydrogen (secondary N) is 2. The Balaban J connectivity index is 1.87. The van der Waals surface area contributed by atoms with Gasteiger partial charge in [-0.1, -0.05) is 12.8 Å². The fourth-order valence-electron chi connectivity index (χ4n) is 3.06. The van der Waals surface area contributed by atoms with Gasteiger partial charge in [0.15, 0.2) is 0 Å². The van der Waals surface area contributed by atoms with Crippen LogP contribution in [0.5, 0.6) is 0 Å². The zero-order valence-electron chi connectivity index (χ0n) is 13.3. The Morgan fingerprint density at radius 3 is 2.31 bits per heavy atom. The van der Waals surface area contributed by atoms with Gasteiger partial charge in [-0.15, -0.1) is 0 Å². The maximum Gasteiger partial charge on any atom is 0.419 e. The summed E-state index contributed by atoms with van der Waals surface area (Å²) in [6.07, 6.45) is 0.0615. The lowest BCUT2D eigenvalue weighted by atomic mass is 10.1. The first-order valence-corrected chi connectivity index (χ1v) is 9.33. The number of H-pyrrole nitrogens is 1. The molecule has 0 unspecified atom stereocenters. The lowest BCUT2D eigenvalue weighted by Gasteiger charge is -2.12. The molecule has 0 aliphatic heterocycles. The van der Waals surface area contributed by atoms with E-state index < -0.39 is 39.1 Å². The molecule has 1 saturated carbocycles. The molecule has 0 saturated heterocycles. The van der Waals surface area contributed by atoms with E-state index in [4.69, 9.17) is 0 Å². The SMILES string of the molecule is O=S(=O)(Nc1cc(F)c(C(F)(F)F)cc1F)c1c[nH]c(C2CCCC2)c1. The van der Waals surface area contributed by atoms with Crippen LogP contribution >= 0.6 is 0 Å². The Hall–Kier alpha value is -2.10. The topological polar surface area (TPSA) is 62.0 Å². The van der Waals surface area contributed by atoms with Crippen LogP contribution < -0.4 is 4.72 Å². The first-order valence-electron chi connectivity index (χ1n) is 7.85. The molecule has 0 radical (unpaired) electrons. The Morgan fingerprint density at radius 2 is 1.69 bits per heavy atom. The minimum atomic E-state index is -5.08. The summed E-state index contributed by atoms with van der Waals surface area (Å²) >= 11 is 0. The summed E-state index contributed by atoms with van der Waals surface area (Å²) in [7, 11) is -4.28. The van der Waals surface area contributed by atoms with Crippen molar-refractivity contribution < 1.29 is 30.4 Å². The Kier molecular flexibility index (Phi) is 4.72. The average molecular weight is 394 g/mol. The van der Waals surface area contributed by atoms with Crippen LogP contribution in [0.3, 0.4) is 0 Å². The first kappa shape index (κ1) is 18.7. The summed E-state index contributed by atoms with van der Waals surface area (Å²) < 4.78 is 91.6. The normalized spacial score (nSPS) is 16.2. The standard InChI is InChI=1S/C16H15F5N2O2S/c17-12-7-15(13(18)6-11(12)16(19,20)21)23-26(24,25)10-5-14(22-8-10)9-3-1-2-4-9/h5-9,22-23H,1-4H2. The van der Waals surface area contributed by atoms with Crippen molar-refractivity contribution in [2.75, 3.05) is 4.72 Å². The van der Waals surface area contributed by atoms with Crippen LogP contribution in [0.15, 0.2) is 29.3 Å². The molecule has 142 valence electrons. The van der Waals surface area contributed by atoms with E-state index >= 15 is 0 Å². The lowest BCUT2D eigenvalue weighted by molar-refractivity contribution is -0.140. The smallest absolute Gasteiger partial charge is 0.363 e. The number of aromatic amines is 1. The van der Waals surface area contributed by atoms with Gasteiger partial charge in [0, 0.05) is 18.0 Å². The Morgan fingerprint density at radius 1 is 1.04 bits per heavy atom. The van der Waals surface area contributed by atoms with Crippen molar-refractivity contribution in [3.8, 4) is 0 Å². The van der Waals surface area contributed by atoms with Gasteiger partial charge in [0.1, 0.15) is 16.5 Å². The van der Waals surface area contributed by atoms with Gasteiger partial charge in [-0.05, 0) is 30.9 Å². The molecule has 0 atom stereocenters. The van der Waals surface area contributed by atoms with Gasteiger partial charge in [0.2, 0.25) is 0 Å². The van der Waals surface area contributed by atoms with Crippen molar-refractivity contribution in [2.24, 2.45) is 0 Å². The van der Waals surface area contributed by atoms with Crippen molar-refractivity contribution in [1.29, 1.82) is 0 Å². The quantitative estimate of drug-likeness (QED) is 0.734. The third-order valence-corrected chi connectivity index (χ3v) is 5.74. The van der Waals surface area contributed by atoms with Gasteiger partial charge < -0.3 is 4.98 Å². The zero-order chi connectivity index (χ0) is 19.1. The van der Waals surface area contributed by atoms with Crippen LogP contribution in [-0.2, 0) is 16.2 Å². The van der Waals surface area contributed by atoms with Crippen LogP contribution in [0, 0.1) is 11.6 Å². The summed E-state index contributed by atoms with van der Waals surface area (Å²) in [4.78, 5) is 2.66. The maximum atomic E-state index is 13.9. The molecule has 1 aromatic carbocycles. The second-order valence-corrected chi connectivity index (χ2v) is 7.87. The molecule has 1 fully saturated rings. The molecule has 1 aliphatic carbocycles. The second-order valence-electron chi connectivity index (χ2n) is 6.19. The van der Waals surface area contributed by atoms with Crippen molar-refractivity contribution in [2.45, 2.75) is 42.7 Å². The highest BCUT2D eigenvalue weighted by atomic mass is 32.2. The van der Waals surface area contributed by atoms with Gasteiger partial charge in [0.25, 0.3) is 10.0 Å². The minimum absolute atomic E-state index is 0.0751. The minimum Gasteiger partial charge on any atom is -0.363 e. The molecule has 3 rings (SSSR count). The molecule has 26 heavy (non-hydrogen) atoms. The van der Waals surface area contributed by atoms with Crippen LogP contribution in [0.4, 0.5) is 27.6 Å². The Labute approximate surface area is 146 Å². The number of halogens is 5. The van der Waals surface area contributed by atoms with Crippen LogP contribution in [0.2, 0.25) is 0 Å². The van der Waals surface area contributed by atoms with Gasteiger partial charge in [0.05, 0.1) is 11.3 Å². The molecule has 1 heterocycles. The van der Waals surface area contributed by atoms with Crippen molar-refractivity contribution >= 4 is 15.7 Å². The van der Waals surface area contributed by atoms with E-state index in [9.17, 15) is 30.4 Å². The summed E-state index contributed by atoms with van der Waals surface area (Å²) in [6.45, 7) is 0. The van der Waals surface area contributed by atoms with Crippen LogP contribution in [0.1, 0.15) is 42.9 Å². The molecule has 1 aliphatic rings. The van der Waals surface area contributed by atoms with Gasteiger partial charge >= 0.3 is 6.18 Å². The maximum absolute atomic E-state index is 13.9. The van der Waals surface area contributed by atoms with E-state index in [0.29, 0.717) is 0 Å². The molecule has 2 N–H and O–H groups in total. The highest BCUT2D eigenvalue weighted by Gasteiger charge is 2.35. The number of benzene rings is 1. The Bertz CT molecular complexity index is 915. The summed E-state index contributed by atoms with van der Waals surface area (Å²) in [5.41, 5.74) is -1.97. The highest BCUT2D eigenvalue weighted by Crippen LogP contribution is 2.36. The number of rotatable bonds is 4. The first-order chi connectivity index (χ1) is 12.1. The average Bonchev–Trinajstić information content (AvgIpc) is 3.19. The molecular formula is C16H15F5N2O2S. The number of aromatic nitrogens is 1. The van der Waals surface area contributed by atoms with E-state index in [1.165, 1.54) is 12.3 Å². The summed E-state index contributed by atoms with van der Waals surface area (Å²) in [5.74, 6) is -3.08. The summed E-state index contributed by atoms with van der Waals surface area (Å²) in [6, 6.07) is 1.51. The molecule has 2 aromatic rings. The van der Waals surface area contributed by atoms with Crippen LogP contribution in [0.25, 0.3) is 0 Å². The second kappa shape index (κ2) is 6.57. The third-order valence-electron chi connectivity index (χ3n) is 4.39. The number of hydrogen-bond acceptors (Lipinski definition) is 2. The van der Waals surface area contributed by atoms with E-state index in [0.717, 1.165) is 31.4 Å². The fourth-order valence-corrected chi connectivity index (χ4v) is 4.12. The number of sulfonamides is 1. The molecule has 1 aromatic heterocycles. The van der Waals surface area contributed by atoms with E-state index in [-0.39, 0.29) is 22.9 Å². The molecule has 0 spiro atoms. The van der Waals surface area contributed by atoms with E-state index in [1.54, 1.807) is 4.72 Å². The largest absolute Gasteiger partial charge is 0.419 e. The van der Waals surface area contributed by atoms with E-state index in [1.807, 2.05) is 0 Å². The molecular weight excluding hydrogens is 379 g/mol. The molecule has 0 amide bonds. The van der Waals surface area contributed by atoms with Crippen molar-refractivity contribution in [3.05, 3.63) is 47.3 Å². The summed E-state index contributed by atoms with van der Waals surface area (Å²) in [5, 5.41) is 0. The molecule has 0 bridgehead atoms. The molecule has 4 nitrogen and oxygen atoms in total. The predicted octanol–water partition coefficient (Wildman–Crippen LogP) is 4.77. The highest BCUT2D eigenvalue weighted by molar-refractivity contribution is 7.92. The van der Waals surface area contributed by atoms with Gasteiger partial charge in [-0.2, -0.15) is 13.2 Å². The van der Waals surface area contributed by atoms with Gasteiger partial charge in [-0.25, -0.2) is 17.2 Å². The number of anilines is 1. The predicted molar refractivity (Wildman–Crippen MR) is 84.2 cm³/mol. The van der Waals surface area contributed by atoms with Crippen molar-refractivity contribution in [3.63, 3.8) is 0 Å². The number of hydrogen-bond donors (Lipinski definition) is 2. The zero-order valence-corrected chi connectivity index (χ0v) is 14.1. The lowest BCUT2D eigenvalue weighted by Crippen LogP contribution is -2.15. The van der Waals surface area contributed by atoms with Crippen molar-refractivity contribution in [1.82, 2.24) is 4.98 Å². The van der Waals surface area contributed by atoms with Gasteiger partial charge in [-0.3, -0.25) is 4.72 Å². The number of alkyl halides is 3. The third kappa shape index (κ3) is 3.69. The fraction of sp³-hybridized carbons (Fsp3) is 0.375.